The molecular weight excluding hydrogens is 423 g/mol. The summed E-state index contributed by atoms with van der Waals surface area (Å²) in [6, 6.07) is 10.9. The second kappa shape index (κ2) is 10.3. The summed E-state index contributed by atoms with van der Waals surface area (Å²) in [5.41, 5.74) is 3.17. The number of amides is 1. The molecule has 0 spiro atoms. The van der Waals surface area contributed by atoms with E-state index in [-0.39, 0.29) is 17.8 Å². The molecule has 1 N–H and O–H groups in total. The summed E-state index contributed by atoms with van der Waals surface area (Å²) in [6.07, 6.45) is 1.60. The molecule has 0 atom stereocenters. The van der Waals surface area contributed by atoms with Gasteiger partial charge < -0.3 is 10.1 Å². The molecule has 3 rings (SSSR count). The summed E-state index contributed by atoms with van der Waals surface area (Å²) in [5, 5.41) is 4.13. The van der Waals surface area contributed by atoms with Gasteiger partial charge in [0.25, 0.3) is 0 Å². The minimum absolute atomic E-state index is 0.0242. The monoisotopic (exact) mass is 448 g/mol. The fourth-order valence-electron chi connectivity index (χ4n) is 3.63. The molecule has 0 saturated carbocycles. The molecule has 0 aromatic heterocycles. The SMILES string of the molecule is CCOC(=O)c1ccc(NC(=O)C2CCN(Cc3ccc(Cl)c(Cl)c3)CC2)c(C)c1. The minimum Gasteiger partial charge on any atom is -0.462 e. The van der Waals surface area contributed by atoms with Gasteiger partial charge in [0.2, 0.25) is 5.91 Å². The van der Waals surface area contributed by atoms with E-state index >= 15 is 0 Å². The van der Waals surface area contributed by atoms with E-state index in [4.69, 9.17) is 27.9 Å². The second-order valence-corrected chi connectivity index (χ2v) is 8.35. The number of esters is 1. The van der Waals surface area contributed by atoms with Crippen molar-refractivity contribution < 1.29 is 14.3 Å². The Labute approximate surface area is 187 Å². The van der Waals surface area contributed by atoms with E-state index in [2.05, 4.69) is 10.2 Å². The summed E-state index contributed by atoms with van der Waals surface area (Å²) < 4.78 is 5.02. The van der Waals surface area contributed by atoms with Crippen LogP contribution in [0.1, 0.15) is 41.3 Å². The van der Waals surface area contributed by atoms with Gasteiger partial charge in [-0.1, -0.05) is 29.3 Å². The minimum atomic E-state index is -0.354. The zero-order chi connectivity index (χ0) is 21.7. The van der Waals surface area contributed by atoms with Crippen molar-refractivity contribution >= 4 is 40.8 Å². The Bertz CT molecular complexity index is 925. The number of piperidine rings is 1. The third-order valence-corrected chi connectivity index (χ3v) is 6.08. The van der Waals surface area contributed by atoms with Crippen molar-refractivity contribution in [1.82, 2.24) is 4.90 Å². The van der Waals surface area contributed by atoms with Crippen LogP contribution >= 0.6 is 23.2 Å². The number of hydrogen-bond acceptors (Lipinski definition) is 4. The number of rotatable bonds is 6. The molecule has 160 valence electrons. The molecule has 30 heavy (non-hydrogen) atoms. The van der Waals surface area contributed by atoms with Gasteiger partial charge in [-0.3, -0.25) is 9.69 Å². The molecule has 1 amide bonds. The van der Waals surface area contributed by atoms with Crippen molar-refractivity contribution in [2.24, 2.45) is 5.92 Å². The molecule has 5 nitrogen and oxygen atoms in total. The molecule has 1 fully saturated rings. The average Bonchev–Trinajstić information content (AvgIpc) is 2.73. The van der Waals surface area contributed by atoms with Crippen LogP contribution in [0, 0.1) is 12.8 Å². The Balaban J connectivity index is 1.52. The quantitative estimate of drug-likeness (QED) is 0.606. The Morgan fingerprint density at radius 1 is 1.10 bits per heavy atom. The molecule has 1 aliphatic rings. The predicted octanol–water partition coefficient (Wildman–Crippen LogP) is 5.33. The number of nitrogens with one attached hydrogen (secondary N) is 1. The number of hydrogen-bond donors (Lipinski definition) is 1. The zero-order valence-electron chi connectivity index (χ0n) is 17.2. The summed E-state index contributed by atoms with van der Waals surface area (Å²) in [7, 11) is 0. The van der Waals surface area contributed by atoms with Gasteiger partial charge in [0.15, 0.2) is 0 Å². The Morgan fingerprint density at radius 3 is 2.47 bits per heavy atom. The number of halogens is 2. The maximum absolute atomic E-state index is 12.7. The fourth-order valence-corrected chi connectivity index (χ4v) is 3.95. The first-order valence-corrected chi connectivity index (χ1v) is 10.9. The van der Waals surface area contributed by atoms with Gasteiger partial charge in [-0.2, -0.15) is 0 Å². The van der Waals surface area contributed by atoms with Gasteiger partial charge in [-0.25, -0.2) is 4.79 Å². The third-order valence-electron chi connectivity index (χ3n) is 5.34. The van der Waals surface area contributed by atoms with E-state index in [0.29, 0.717) is 22.2 Å². The number of ether oxygens (including phenoxy) is 1. The molecule has 7 heteroatoms. The van der Waals surface area contributed by atoms with E-state index < -0.39 is 0 Å². The molecule has 0 bridgehead atoms. The van der Waals surface area contributed by atoms with Crippen LogP contribution in [0.25, 0.3) is 0 Å². The van der Waals surface area contributed by atoms with Crippen molar-refractivity contribution in [1.29, 1.82) is 0 Å². The lowest BCUT2D eigenvalue weighted by Crippen LogP contribution is -2.37. The van der Waals surface area contributed by atoms with Crippen LogP contribution in [0.2, 0.25) is 10.0 Å². The van der Waals surface area contributed by atoms with Gasteiger partial charge in [-0.05, 0) is 81.2 Å². The number of benzene rings is 2. The van der Waals surface area contributed by atoms with Crippen molar-refractivity contribution in [2.75, 3.05) is 25.0 Å². The van der Waals surface area contributed by atoms with E-state index in [0.717, 1.165) is 49.3 Å². The molecule has 1 saturated heterocycles. The lowest BCUT2D eigenvalue weighted by Gasteiger charge is -2.31. The predicted molar refractivity (Wildman–Crippen MR) is 120 cm³/mol. The highest BCUT2D eigenvalue weighted by molar-refractivity contribution is 6.42. The molecule has 0 aliphatic carbocycles. The third kappa shape index (κ3) is 5.75. The van der Waals surface area contributed by atoms with Crippen LogP contribution in [-0.2, 0) is 16.1 Å². The number of anilines is 1. The van der Waals surface area contributed by atoms with Crippen LogP contribution in [0.4, 0.5) is 5.69 Å². The number of carbonyl (C=O) groups is 2. The van der Waals surface area contributed by atoms with Crippen molar-refractivity contribution in [3.05, 3.63) is 63.1 Å². The van der Waals surface area contributed by atoms with Crippen LogP contribution in [0.5, 0.6) is 0 Å². The molecule has 1 aliphatic heterocycles. The number of nitrogens with zero attached hydrogens (tertiary/aromatic N) is 1. The number of aryl methyl sites for hydroxylation is 1. The first kappa shape index (κ1) is 22.6. The summed E-state index contributed by atoms with van der Waals surface area (Å²) in [5.74, 6) is -0.358. The van der Waals surface area contributed by atoms with Gasteiger partial charge in [0.1, 0.15) is 0 Å². The second-order valence-electron chi connectivity index (χ2n) is 7.54. The Hall–Kier alpha value is -2.08. The Morgan fingerprint density at radius 2 is 1.83 bits per heavy atom. The van der Waals surface area contributed by atoms with Crippen LogP contribution < -0.4 is 5.32 Å². The summed E-state index contributed by atoms with van der Waals surface area (Å²) in [4.78, 5) is 26.9. The number of likely N-dealkylation sites (tertiary alicyclic amines) is 1. The molecule has 2 aromatic rings. The standard InChI is InChI=1S/C23H26Cl2N2O3/c1-3-30-23(29)18-5-7-21(15(2)12-18)26-22(28)17-8-10-27(11-9-17)14-16-4-6-19(24)20(25)13-16/h4-7,12-13,17H,3,8-11,14H2,1-2H3,(H,26,28). The van der Waals surface area contributed by atoms with Gasteiger partial charge >= 0.3 is 5.97 Å². The molecular formula is C23H26Cl2N2O3. The fraction of sp³-hybridized carbons (Fsp3) is 0.391. The van der Waals surface area contributed by atoms with Crippen LogP contribution in [0.3, 0.4) is 0 Å². The Kier molecular flexibility index (Phi) is 7.75. The first-order chi connectivity index (χ1) is 14.4. The highest BCUT2D eigenvalue weighted by Crippen LogP contribution is 2.26. The normalized spacial score (nSPS) is 15.1. The van der Waals surface area contributed by atoms with Crippen molar-refractivity contribution in [3.63, 3.8) is 0 Å². The molecule has 2 aromatic carbocycles. The molecule has 1 heterocycles. The van der Waals surface area contributed by atoms with E-state index in [1.165, 1.54) is 0 Å². The summed E-state index contributed by atoms with van der Waals surface area (Å²) >= 11 is 12.1. The maximum Gasteiger partial charge on any atom is 0.338 e. The number of carbonyl (C=O) groups excluding carboxylic acids is 2. The van der Waals surface area contributed by atoms with Crippen LogP contribution in [0.15, 0.2) is 36.4 Å². The summed E-state index contributed by atoms with van der Waals surface area (Å²) in [6.45, 7) is 6.46. The average molecular weight is 449 g/mol. The van der Waals surface area contributed by atoms with Crippen molar-refractivity contribution in [2.45, 2.75) is 33.2 Å². The zero-order valence-corrected chi connectivity index (χ0v) is 18.7. The van der Waals surface area contributed by atoms with E-state index in [9.17, 15) is 9.59 Å². The first-order valence-electron chi connectivity index (χ1n) is 10.1. The van der Waals surface area contributed by atoms with Gasteiger partial charge in [0, 0.05) is 18.2 Å². The molecule has 0 unspecified atom stereocenters. The lowest BCUT2D eigenvalue weighted by molar-refractivity contribution is -0.121. The van der Waals surface area contributed by atoms with Gasteiger partial charge in [0.05, 0.1) is 22.2 Å². The van der Waals surface area contributed by atoms with E-state index in [1.807, 2.05) is 25.1 Å². The lowest BCUT2D eigenvalue weighted by atomic mass is 9.95. The smallest absolute Gasteiger partial charge is 0.338 e. The van der Waals surface area contributed by atoms with Crippen LogP contribution in [-0.4, -0.2) is 36.5 Å². The largest absolute Gasteiger partial charge is 0.462 e. The van der Waals surface area contributed by atoms with E-state index in [1.54, 1.807) is 25.1 Å². The highest BCUT2D eigenvalue weighted by Gasteiger charge is 2.25. The highest BCUT2D eigenvalue weighted by atomic mass is 35.5. The van der Waals surface area contributed by atoms with Gasteiger partial charge in [-0.15, -0.1) is 0 Å². The molecule has 0 radical (unpaired) electrons. The topological polar surface area (TPSA) is 58.6 Å². The maximum atomic E-state index is 12.7. The van der Waals surface area contributed by atoms with Crippen molar-refractivity contribution in [3.8, 4) is 0 Å².